The summed E-state index contributed by atoms with van der Waals surface area (Å²) < 4.78 is 0. The number of halogens is 1. The lowest BCUT2D eigenvalue weighted by Gasteiger charge is -2.37. The minimum absolute atomic E-state index is 0.474. The van der Waals surface area contributed by atoms with Crippen LogP contribution in [0.3, 0.4) is 0 Å². The molecule has 3 nitrogen and oxygen atoms in total. The topological polar surface area (TPSA) is 26.7 Å². The van der Waals surface area contributed by atoms with Crippen molar-refractivity contribution in [1.29, 1.82) is 0 Å². The van der Waals surface area contributed by atoms with Gasteiger partial charge in [-0.25, -0.2) is 0 Å². The monoisotopic (exact) mass is 282 g/mol. The standard InChI is InChI=1S/C15H23ClN2O/c1-11(19)12-6-7-15(14(16)9-12)18(3)13-5-4-8-17(2)10-13/h6-7,9,11,13,19H,4-5,8,10H2,1-3H3/t11-,13?/m1/s1. The smallest absolute Gasteiger partial charge is 0.0762 e. The van der Waals surface area contributed by atoms with Crippen LogP contribution in [0.15, 0.2) is 18.2 Å². The van der Waals surface area contributed by atoms with Crippen LogP contribution >= 0.6 is 11.6 Å². The molecule has 0 amide bonds. The molecule has 0 aliphatic carbocycles. The van der Waals surface area contributed by atoms with Crippen LogP contribution in [0.5, 0.6) is 0 Å². The van der Waals surface area contributed by atoms with Gasteiger partial charge in [0, 0.05) is 19.6 Å². The van der Waals surface area contributed by atoms with Crippen LogP contribution in [0.1, 0.15) is 31.4 Å². The van der Waals surface area contributed by atoms with Crippen LogP contribution in [0.25, 0.3) is 0 Å². The summed E-state index contributed by atoms with van der Waals surface area (Å²) in [7, 11) is 4.27. The lowest BCUT2D eigenvalue weighted by Crippen LogP contribution is -2.45. The maximum absolute atomic E-state index is 9.58. The van der Waals surface area contributed by atoms with E-state index in [2.05, 4.69) is 23.9 Å². The third-order valence-electron chi connectivity index (χ3n) is 3.98. The molecule has 19 heavy (non-hydrogen) atoms. The number of likely N-dealkylation sites (tertiary alicyclic amines) is 1. The Morgan fingerprint density at radius 1 is 1.47 bits per heavy atom. The number of piperidine rings is 1. The van der Waals surface area contributed by atoms with E-state index < -0.39 is 6.10 Å². The van der Waals surface area contributed by atoms with Gasteiger partial charge in [-0.2, -0.15) is 0 Å². The molecule has 106 valence electrons. The van der Waals surface area contributed by atoms with E-state index in [0.29, 0.717) is 11.1 Å². The molecule has 1 N–H and O–H groups in total. The fourth-order valence-electron chi connectivity index (χ4n) is 2.72. The van der Waals surface area contributed by atoms with Crippen LogP contribution < -0.4 is 4.90 Å². The van der Waals surface area contributed by atoms with Crippen molar-refractivity contribution in [1.82, 2.24) is 4.90 Å². The van der Waals surface area contributed by atoms with Crippen molar-refractivity contribution >= 4 is 17.3 Å². The number of rotatable bonds is 3. The van der Waals surface area contributed by atoms with E-state index in [0.717, 1.165) is 17.8 Å². The van der Waals surface area contributed by atoms with Crippen LogP contribution in [0.4, 0.5) is 5.69 Å². The second-order valence-corrected chi connectivity index (χ2v) is 5.96. The predicted octanol–water partition coefficient (Wildman–Crippen LogP) is 2.92. The van der Waals surface area contributed by atoms with E-state index in [1.54, 1.807) is 6.92 Å². The number of aliphatic hydroxyl groups is 1. The highest BCUT2D eigenvalue weighted by atomic mass is 35.5. The fraction of sp³-hybridized carbons (Fsp3) is 0.600. The van der Waals surface area contributed by atoms with Crippen molar-refractivity contribution in [2.75, 3.05) is 32.1 Å². The summed E-state index contributed by atoms with van der Waals surface area (Å²) in [5.74, 6) is 0. The number of aliphatic hydroxyl groups excluding tert-OH is 1. The van der Waals surface area contributed by atoms with Crippen LogP contribution in [-0.4, -0.2) is 43.2 Å². The lowest BCUT2D eigenvalue weighted by atomic mass is 10.0. The molecule has 1 fully saturated rings. The number of likely N-dealkylation sites (N-methyl/N-ethyl adjacent to an activating group) is 2. The second kappa shape index (κ2) is 6.12. The van der Waals surface area contributed by atoms with E-state index >= 15 is 0 Å². The summed E-state index contributed by atoms with van der Waals surface area (Å²) in [6.07, 6.45) is 1.96. The lowest BCUT2D eigenvalue weighted by molar-refractivity contribution is 0.199. The van der Waals surface area contributed by atoms with Gasteiger partial charge in [-0.15, -0.1) is 0 Å². The molecule has 0 aromatic heterocycles. The molecule has 1 unspecified atom stereocenters. The summed E-state index contributed by atoms with van der Waals surface area (Å²) in [5, 5.41) is 10.3. The van der Waals surface area contributed by atoms with Gasteiger partial charge in [0.15, 0.2) is 0 Å². The number of benzene rings is 1. The number of hydrogen-bond donors (Lipinski definition) is 1. The van der Waals surface area contributed by atoms with Crippen molar-refractivity contribution in [3.63, 3.8) is 0 Å². The first kappa shape index (κ1) is 14.6. The average molecular weight is 283 g/mol. The van der Waals surface area contributed by atoms with E-state index in [-0.39, 0.29) is 0 Å². The van der Waals surface area contributed by atoms with Crippen LogP contribution in [-0.2, 0) is 0 Å². The summed E-state index contributed by atoms with van der Waals surface area (Å²) in [5.41, 5.74) is 1.91. The van der Waals surface area contributed by atoms with Gasteiger partial charge in [0.1, 0.15) is 0 Å². The minimum Gasteiger partial charge on any atom is -0.389 e. The van der Waals surface area contributed by atoms with Gasteiger partial charge in [0.05, 0.1) is 16.8 Å². The minimum atomic E-state index is -0.474. The van der Waals surface area contributed by atoms with Gasteiger partial charge in [-0.3, -0.25) is 0 Å². The van der Waals surface area contributed by atoms with Crippen molar-refractivity contribution in [3.8, 4) is 0 Å². The summed E-state index contributed by atoms with van der Waals surface area (Å²) in [6.45, 7) is 4.01. The fourth-order valence-corrected chi connectivity index (χ4v) is 3.04. The van der Waals surface area contributed by atoms with Crippen molar-refractivity contribution in [2.24, 2.45) is 0 Å². The number of hydrogen-bond acceptors (Lipinski definition) is 3. The molecule has 1 aromatic rings. The molecule has 1 aromatic carbocycles. The normalized spacial score (nSPS) is 22.3. The highest BCUT2D eigenvalue weighted by molar-refractivity contribution is 6.33. The maximum Gasteiger partial charge on any atom is 0.0762 e. The maximum atomic E-state index is 9.58. The molecule has 2 rings (SSSR count). The van der Waals surface area contributed by atoms with Crippen molar-refractivity contribution < 1.29 is 5.11 Å². The third-order valence-corrected chi connectivity index (χ3v) is 4.28. The molecule has 0 radical (unpaired) electrons. The van der Waals surface area contributed by atoms with Crippen LogP contribution in [0, 0.1) is 0 Å². The van der Waals surface area contributed by atoms with E-state index in [1.807, 2.05) is 18.2 Å². The third kappa shape index (κ3) is 3.41. The first-order valence-electron chi connectivity index (χ1n) is 6.88. The van der Waals surface area contributed by atoms with Gasteiger partial charge in [-0.1, -0.05) is 17.7 Å². The van der Waals surface area contributed by atoms with Gasteiger partial charge < -0.3 is 14.9 Å². The highest BCUT2D eigenvalue weighted by Crippen LogP contribution is 2.31. The molecule has 1 aliphatic rings. The summed E-state index contributed by atoms with van der Waals surface area (Å²) in [6, 6.07) is 6.34. The largest absolute Gasteiger partial charge is 0.389 e. The van der Waals surface area contributed by atoms with E-state index in [4.69, 9.17) is 11.6 Å². The first-order valence-corrected chi connectivity index (χ1v) is 7.25. The molecule has 4 heteroatoms. The Morgan fingerprint density at radius 3 is 2.79 bits per heavy atom. The van der Waals surface area contributed by atoms with Gasteiger partial charge >= 0.3 is 0 Å². The first-order chi connectivity index (χ1) is 8.99. The molecule has 1 heterocycles. The molecule has 0 spiro atoms. The molecule has 0 saturated carbocycles. The average Bonchev–Trinajstić information content (AvgIpc) is 2.37. The quantitative estimate of drug-likeness (QED) is 0.923. The zero-order valence-electron chi connectivity index (χ0n) is 11.9. The van der Waals surface area contributed by atoms with E-state index in [9.17, 15) is 5.11 Å². The Kier molecular flexibility index (Phi) is 4.71. The van der Waals surface area contributed by atoms with Gasteiger partial charge in [-0.05, 0) is 51.1 Å². The van der Waals surface area contributed by atoms with Gasteiger partial charge in [0.2, 0.25) is 0 Å². The number of anilines is 1. The summed E-state index contributed by atoms with van der Waals surface area (Å²) >= 11 is 6.36. The van der Waals surface area contributed by atoms with Gasteiger partial charge in [0.25, 0.3) is 0 Å². The van der Waals surface area contributed by atoms with Crippen LogP contribution in [0.2, 0.25) is 5.02 Å². The highest BCUT2D eigenvalue weighted by Gasteiger charge is 2.22. The Hall–Kier alpha value is -0.770. The SMILES string of the molecule is C[C@@H](O)c1ccc(N(C)C2CCCN(C)C2)c(Cl)c1. The molecular weight excluding hydrogens is 260 g/mol. The summed E-state index contributed by atoms with van der Waals surface area (Å²) in [4.78, 5) is 4.63. The van der Waals surface area contributed by atoms with Crippen molar-refractivity contribution in [2.45, 2.75) is 31.9 Å². The van der Waals surface area contributed by atoms with Crippen molar-refractivity contribution in [3.05, 3.63) is 28.8 Å². The zero-order chi connectivity index (χ0) is 14.0. The Bertz CT molecular complexity index is 436. The number of nitrogens with zero attached hydrogens (tertiary/aromatic N) is 2. The predicted molar refractivity (Wildman–Crippen MR) is 81.0 cm³/mol. The molecule has 1 aliphatic heterocycles. The second-order valence-electron chi connectivity index (χ2n) is 5.56. The molecule has 2 atom stereocenters. The Morgan fingerprint density at radius 2 is 2.21 bits per heavy atom. The Labute approximate surface area is 120 Å². The molecule has 1 saturated heterocycles. The Balaban J connectivity index is 2.16. The molecular formula is C15H23ClN2O. The molecule has 0 bridgehead atoms. The van der Waals surface area contributed by atoms with E-state index in [1.165, 1.54) is 19.4 Å². The zero-order valence-corrected chi connectivity index (χ0v) is 12.7.